The van der Waals surface area contributed by atoms with E-state index in [-0.39, 0.29) is 12.1 Å². The van der Waals surface area contributed by atoms with Crippen molar-refractivity contribution < 1.29 is 14.3 Å². The number of benzene rings is 1. The van der Waals surface area contributed by atoms with Gasteiger partial charge >= 0.3 is 5.97 Å². The lowest BCUT2D eigenvalue weighted by atomic mass is 10.0. The molecule has 1 aromatic carbocycles. The normalized spacial score (nSPS) is 16.8. The minimum absolute atomic E-state index is 0.0132. The van der Waals surface area contributed by atoms with E-state index in [0.29, 0.717) is 18.1 Å². The molecule has 1 saturated carbocycles. The van der Waals surface area contributed by atoms with Gasteiger partial charge in [0.25, 0.3) is 0 Å². The summed E-state index contributed by atoms with van der Waals surface area (Å²) in [6.07, 6.45) is 13.3. The third-order valence-electron chi connectivity index (χ3n) is 4.37. The van der Waals surface area contributed by atoms with Gasteiger partial charge in [-0.25, -0.2) is 0 Å². The summed E-state index contributed by atoms with van der Waals surface area (Å²) in [5.74, 6) is 0.793. The van der Waals surface area contributed by atoms with Crippen molar-refractivity contribution in [1.82, 2.24) is 0 Å². The molecule has 0 aliphatic heterocycles. The molecule has 0 N–H and O–H groups in total. The lowest BCUT2D eigenvalue weighted by molar-refractivity contribution is -0.147. The summed E-state index contributed by atoms with van der Waals surface area (Å²) < 4.78 is 4.97. The number of rotatable bonds is 7. The van der Waals surface area contributed by atoms with Crippen LogP contribution in [0.4, 0.5) is 0 Å². The monoisotopic (exact) mass is 370 g/mol. The van der Waals surface area contributed by atoms with E-state index in [9.17, 15) is 9.59 Å². The van der Waals surface area contributed by atoms with E-state index in [1.165, 1.54) is 11.1 Å². The standard InChI is InChI=1S/C14H16O.C10H18O2/c1-11-4-2-3-5-13(11)8-6-12-7-9-14(15)10-12;1-4-5-6-7-8-10(11)12-9(2)3/h2-6,8,12H,7,9-10H2,1H3;4-5,9H,6-8H2,1-3H3/b8-6+;5-4-. The van der Waals surface area contributed by atoms with Crippen molar-refractivity contribution in [3.05, 3.63) is 53.6 Å². The number of unbranched alkanes of at least 4 members (excludes halogenated alkanes) is 1. The Balaban J connectivity index is 0.000000279. The van der Waals surface area contributed by atoms with E-state index in [1.54, 1.807) is 0 Å². The average molecular weight is 371 g/mol. The van der Waals surface area contributed by atoms with Crippen LogP contribution in [0.15, 0.2) is 42.5 Å². The fourth-order valence-electron chi connectivity index (χ4n) is 2.87. The molecule has 3 heteroatoms. The number of hydrogen-bond donors (Lipinski definition) is 0. The zero-order valence-corrected chi connectivity index (χ0v) is 17.2. The number of ether oxygens (including phenoxy) is 1. The minimum atomic E-state index is -0.0884. The predicted molar refractivity (Wildman–Crippen MR) is 112 cm³/mol. The third kappa shape index (κ3) is 10.5. The van der Waals surface area contributed by atoms with Gasteiger partial charge in [-0.05, 0) is 64.0 Å². The second-order valence-corrected chi connectivity index (χ2v) is 7.26. The van der Waals surface area contributed by atoms with Crippen LogP contribution in [0.3, 0.4) is 0 Å². The summed E-state index contributed by atoms with van der Waals surface area (Å²) in [5.41, 5.74) is 2.55. The highest BCUT2D eigenvalue weighted by molar-refractivity contribution is 5.81. The Morgan fingerprint density at radius 3 is 2.63 bits per heavy atom. The summed E-state index contributed by atoms with van der Waals surface area (Å²) in [7, 11) is 0. The Kier molecular flexibility index (Phi) is 11.1. The summed E-state index contributed by atoms with van der Waals surface area (Å²) >= 11 is 0. The van der Waals surface area contributed by atoms with Crippen molar-refractivity contribution >= 4 is 17.8 Å². The van der Waals surface area contributed by atoms with E-state index < -0.39 is 0 Å². The molecule has 0 heterocycles. The number of esters is 1. The molecule has 2 rings (SSSR count). The number of allylic oxidation sites excluding steroid dienone is 3. The van der Waals surface area contributed by atoms with Crippen LogP contribution in [0, 0.1) is 12.8 Å². The minimum Gasteiger partial charge on any atom is -0.463 e. The van der Waals surface area contributed by atoms with Gasteiger partial charge in [-0.2, -0.15) is 0 Å². The van der Waals surface area contributed by atoms with Crippen LogP contribution in [0.2, 0.25) is 0 Å². The Morgan fingerprint density at radius 2 is 2.04 bits per heavy atom. The van der Waals surface area contributed by atoms with Crippen molar-refractivity contribution in [3.63, 3.8) is 0 Å². The second-order valence-electron chi connectivity index (χ2n) is 7.26. The third-order valence-corrected chi connectivity index (χ3v) is 4.37. The fourth-order valence-corrected chi connectivity index (χ4v) is 2.87. The van der Waals surface area contributed by atoms with Crippen LogP contribution in [-0.2, 0) is 14.3 Å². The second kappa shape index (κ2) is 13.1. The van der Waals surface area contributed by atoms with Gasteiger partial charge in [0.2, 0.25) is 0 Å². The molecule has 1 unspecified atom stereocenters. The molecule has 0 saturated heterocycles. The summed E-state index contributed by atoms with van der Waals surface area (Å²) in [6.45, 7) is 7.82. The Hall–Kier alpha value is -2.16. The van der Waals surface area contributed by atoms with Crippen LogP contribution >= 0.6 is 0 Å². The van der Waals surface area contributed by atoms with Crippen molar-refractivity contribution in [2.24, 2.45) is 5.92 Å². The van der Waals surface area contributed by atoms with Gasteiger partial charge in [0.05, 0.1) is 6.10 Å². The Bertz CT molecular complexity index is 641. The zero-order chi connectivity index (χ0) is 20.1. The first-order valence-electron chi connectivity index (χ1n) is 9.98. The molecular formula is C24H34O3. The molecule has 0 radical (unpaired) electrons. The molecule has 3 nitrogen and oxygen atoms in total. The van der Waals surface area contributed by atoms with Crippen LogP contribution < -0.4 is 0 Å². The smallest absolute Gasteiger partial charge is 0.306 e. The summed E-state index contributed by atoms with van der Waals surface area (Å²) in [5, 5.41) is 0. The maximum absolute atomic E-state index is 11.1. The molecule has 0 aromatic heterocycles. The molecule has 1 atom stereocenters. The van der Waals surface area contributed by atoms with Gasteiger partial charge in [-0.15, -0.1) is 0 Å². The molecule has 27 heavy (non-hydrogen) atoms. The predicted octanol–water partition coefficient (Wildman–Crippen LogP) is 6.06. The number of ketones is 1. The van der Waals surface area contributed by atoms with Gasteiger partial charge < -0.3 is 4.74 Å². The first-order valence-corrected chi connectivity index (χ1v) is 9.98. The topological polar surface area (TPSA) is 43.4 Å². The van der Waals surface area contributed by atoms with Crippen molar-refractivity contribution in [2.75, 3.05) is 0 Å². The zero-order valence-electron chi connectivity index (χ0n) is 17.2. The molecule has 1 fully saturated rings. The molecule has 1 aliphatic carbocycles. The number of carbonyl (C=O) groups excluding carboxylic acids is 2. The lowest BCUT2D eigenvalue weighted by Crippen LogP contribution is -2.10. The van der Waals surface area contributed by atoms with Crippen LogP contribution in [-0.4, -0.2) is 17.9 Å². The SMILES string of the molecule is C/C=C\CCCC(=O)OC(C)C.Cc1ccccc1/C=C/C1CCC(=O)C1. The number of carbonyl (C=O) groups is 2. The fraction of sp³-hybridized carbons (Fsp3) is 0.500. The van der Waals surface area contributed by atoms with Gasteiger partial charge in [0.15, 0.2) is 0 Å². The first-order chi connectivity index (χ1) is 12.9. The van der Waals surface area contributed by atoms with E-state index >= 15 is 0 Å². The molecule has 0 amide bonds. The Morgan fingerprint density at radius 1 is 1.30 bits per heavy atom. The van der Waals surface area contributed by atoms with E-state index in [1.807, 2.05) is 39.0 Å². The first kappa shape index (κ1) is 22.9. The average Bonchev–Trinajstić information content (AvgIpc) is 3.03. The van der Waals surface area contributed by atoms with Crippen molar-refractivity contribution in [2.45, 2.75) is 72.3 Å². The highest BCUT2D eigenvalue weighted by Crippen LogP contribution is 2.24. The van der Waals surface area contributed by atoms with E-state index in [0.717, 1.165) is 32.1 Å². The summed E-state index contributed by atoms with van der Waals surface area (Å²) in [6, 6.07) is 8.32. The number of aryl methyl sites for hydroxylation is 1. The van der Waals surface area contributed by atoms with E-state index in [2.05, 4.69) is 37.3 Å². The Labute approximate surface area is 164 Å². The highest BCUT2D eigenvalue weighted by atomic mass is 16.5. The molecular weight excluding hydrogens is 336 g/mol. The van der Waals surface area contributed by atoms with Gasteiger partial charge in [0.1, 0.15) is 5.78 Å². The molecule has 148 valence electrons. The quantitative estimate of drug-likeness (QED) is 0.333. The largest absolute Gasteiger partial charge is 0.463 e. The van der Waals surface area contributed by atoms with Crippen molar-refractivity contribution in [3.8, 4) is 0 Å². The van der Waals surface area contributed by atoms with Crippen molar-refractivity contribution in [1.29, 1.82) is 0 Å². The van der Waals surface area contributed by atoms with Crippen LogP contribution in [0.25, 0.3) is 6.08 Å². The van der Waals surface area contributed by atoms with E-state index in [4.69, 9.17) is 4.74 Å². The summed E-state index contributed by atoms with van der Waals surface area (Å²) in [4.78, 5) is 22.1. The molecule has 0 spiro atoms. The number of hydrogen-bond acceptors (Lipinski definition) is 3. The maximum atomic E-state index is 11.1. The number of Topliss-reactive ketones (excluding diaryl/α,β-unsaturated/α-hetero) is 1. The molecule has 0 bridgehead atoms. The van der Waals surface area contributed by atoms with Gasteiger partial charge in [0, 0.05) is 19.3 Å². The van der Waals surface area contributed by atoms with Crippen LogP contribution in [0.5, 0.6) is 0 Å². The highest BCUT2D eigenvalue weighted by Gasteiger charge is 2.19. The lowest BCUT2D eigenvalue weighted by Gasteiger charge is -2.06. The molecule has 1 aromatic rings. The van der Waals surface area contributed by atoms with Gasteiger partial charge in [-0.3, -0.25) is 9.59 Å². The van der Waals surface area contributed by atoms with Gasteiger partial charge in [-0.1, -0.05) is 48.6 Å². The maximum Gasteiger partial charge on any atom is 0.306 e. The van der Waals surface area contributed by atoms with Crippen LogP contribution in [0.1, 0.15) is 70.4 Å². The molecule has 1 aliphatic rings.